The minimum atomic E-state index is -4.42. The third-order valence-electron chi connectivity index (χ3n) is 3.27. The number of ether oxygens (including phenoxy) is 1. The monoisotopic (exact) mass is 308 g/mol. The van der Waals surface area contributed by atoms with E-state index in [0.29, 0.717) is 18.0 Å². The molecule has 0 spiro atoms. The van der Waals surface area contributed by atoms with Crippen molar-refractivity contribution in [2.75, 3.05) is 13.7 Å². The molecule has 0 amide bonds. The van der Waals surface area contributed by atoms with Crippen LogP contribution in [0.1, 0.15) is 30.0 Å². The van der Waals surface area contributed by atoms with Gasteiger partial charge in [-0.15, -0.1) is 11.3 Å². The van der Waals surface area contributed by atoms with E-state index in [1.54, 1.807) is 0 Å². The number of rotatable bonds is 3. The molecule has 1 aromatic heterocycles. The van der Waals surface area contributed by atoms with Crippen LogP contribution >= 0.6 is 11.3 Å². The summed E-state index contributed by atoms with van der Waals surface area (Å²) in [6, 6.07) is -0.382. The summed E-state index contributed by atoms with van der Waals surface area (Å²) in [7, 11) is 1.32. The molecule has 0 bridgehead atoms. The minimum Gasteiger partial charge on any atom is -0.468 e. The van der Waals surface area contributed by atoms with Crippen LogP contribution in [0.5, 0.6) is 0 Å². The van der Waals surface area contributed by atoms with Gasteiger partial charge >= 0.3 is 12.1 Å². The SMILES string of the molecule is COC(=O)C1CCCCN1Cc1nc(C(F)(F)F)cs1. The van der Waals surface area contributed by atoms with Crippen molar-refractivity contribution in [3.63, 3.8) is 0 Å². The molecule has 1 aliphatic heterocycles. The molecule has 2 heterocycles. The third kappa shape index (κ3) is 3.49. The normalized spacial score (nSPS) is 20.9. The van der Waals surface area contributed by atoms with E-state index in [2.05, 4.69) is 4.98 Å². The van der Waals surface area contributed by atoms with E-state index in [1.165, 1.54) is 7.11 Å². The van der Waals surface area contributed by atoms with Crippen LogP contribution in [0.15, 0.2) is 5.38 Å². The van der Waals surface area contributed by atoms with E-state index in [0.717, 1.165) is 29.6 Å². The van der Waals surface area contributed by atoms with Crippen molar-refractivity contribution in [2.24, 2.45) is 0 Å². The second kappa shape index (κ2) is 6.09. The number of piperidine rings is 1. The molecular weight excluding hydrogens is 293 g/mol. The van der Waals surface area contributed by atoms with Crippen molar-refractivity contribution in [3.05, 3.63) is 16.1 Å². The standard InChI is InChI=1S/C12H15F3N2O2S/c1-19-11(18)8-4-2-3-5-17(8)6-10-16-9(7-20-10)12(13,14)15/h7-8H,2-6H2,1H3. The Morgan fingerprint density at radius 2 is 2.30 bits per heavy atom. The first kappa shape index (κ1) is 15.2. The highest BCUT2D eigenvalue weighted by atomic mass is 32.1. The molecule has 20 heavy (non-hydrogen) atoms. The van der Waals surface area contributed by atoms with Gasteiger partial charge in [0.25, 0.3) is 0 Å². The number of esters is 1. The molecule has 0 aliphatic carbocycles. The number of methoxy groups -OCH3 is 1. The lowest BCUT2D eigenvalue weighted by Gasteiger charge is -2.32. The topological polar surface area (TPSA) is 42.4 Å². The summed E-state index contributed by atoms with van der Waals surface area (Å²) in [5, 5.41) is 1.38. The van der Waals surface area contributed by atoms with Crippen molar-refractivity contribution in [3.8, 4) is 0 Å². The highest BCUT2D eigenvalue weighted by Gasteiger charge is 2.35. The number of hydrogen-bond donors (Lipinski definition) is 0. The zero-order chi connectivity index (χ0) is 14.8. The summed E-state index contributed by atoms with van der Waals surface area (Å²) in [4.78, 5) is 17.1. The fourth-order valence-corrected chi connectivity index (χ4v) is 3.10. The fourth-order valence-electron chi connectivity index (χ4n) is 2.27. The Labute approximate surface area is 118 Å². The maximum Gasteiger partial charge on any atom is 0.434 e. The van der Waals surface area contributed by atoms with Crippen LogP contribution < -0.4 is 0 Å². The molecule has 1 saturated heterocycles. The average Bonchev–Trinajstić information content (AvgIpc) is 2.87. The van der Waals surface area contributed by atoms with Gasteiger partial charge in [0, 0.05) is 5.38 Å². The molecule has 8 heteroatoms. The van der Waals surface area contributed by atoms with Crippen molar-refractivity contribution >= 4 is 17.3 Å². The smallest absolute Gasteiger partial charge is 0.434 e. The van der Waals surface area contributed by atoms with Gasteiger partial charge in [-0.3, -0.25) is 9.69 Å². The Bertz CT molecular complexity index is 476. The van der Waals surface area contributed by atoms with Crippen LogP contribution in [-0.4, -0.2) is 35.5 Å². The molecule has 4 nitrogen and oxygen atoms in total. The lowest BCUT2D eigenvalue weighted by Crippen LogP contribution is -2.44. The van der Waals surface area contributed by atoms with Crippen LogP contribution in [0.2, 0.25) is 0 Å². The van der Waals surface area contributed by atoms with Gasteiger partial charge in [0.15, 0.2) is 5.69 Å². The molecule has 112 valence electrons. The van der Waals surface area contributed by atoms with E-state index < -0.39 is 11.9 Å². The largest absolute Gasteiger partial charge is 0.468 e. The predicted octanol–water partition coefficient (Wildman–Crippen LogP) is 2.69. The highest BCUT2D eigenvalue weighted by molar-refractivity contribution is 7.09. The molecule has 0 aromatic carbocycles. The van der Waals surface area contributed by atoms with Gasteiger partial charge in [-0.2, -0.15) is 13.2 Å². The molecule has 1 aliphatic rings. The van der Waals surface area contributed by atoms with Crippen LogP contribution in [0.4, 0.5) is 13.2 Å². The van der Waals surface area contributed by atoms with Gasteiger partial charge in [-0.1, -0.05) is 6.42 Å². The second-order valence-corrected chi connectivity index (χ2v) is 5.57. The molecule has 1 aromatic rings. The first-order valence-corrected chi connectivity index (χ1v) is 7.13. The summed E-state index contributed by atoms with van der Waals surface area (Å²) >= 11 is 0.967. The second-order valence-electron chi connectivity index (χ2n) is 4.63. The number of alkyl halides is 3. The Morgan fingerprint density at radius 3 is 2.90 bits per heavy atom. The number of aromatic nitrogens is 1. The number of likely N-dealkylation sites (tertiary alicyclic amines) is 1. The number of halogens is 3. The minimum absolute atomic E-state index is 0.251. The molecular formula is C12H15F3N2O2S. The molecule has 1 fully saturated rings. The van der Waals surface area contributed by atoms with Crippen molar-refractivity contribution < 1.29 is 22.7 Å². The van der Waals surface area contributed by atoms with Gasteiger partial charge in [0.2, 0.25) is 0 Å². The third-order valence-corrected chi connectivity index (χ3v) is 4.10. The Balaban J connectivity index is 2.07. The van der Waals surface area contributed by atoms with Gasteiger partial charge in [0.1, 0.15) is 11.0 Å². The summed E-state index contributed by atoms with van der Waals surface area (Å²) in [5.74, 6) is -0.336. The van der Waals surface area contributed by atoms with Crippen LogP contribution in [0.3, 0.4) is 0 Å². The van der Waals surface area contributed by atoms with Crippen molar-refractivity contribution in [1.82, 2.24) is 9.88 Å². The molecule has 0 radical (unpaired) electrons. The fraction of sp³-hybridized carbons (Fsp3) is 0.667. The summed E-state index contributed by atoms with van der Waals surface area (Å²) in [6.07, 6.45) is -1.91. The van der Waals surface area contributed by atoms with Gasteiger partial charge in [-0.05, 0) is 19.4 Å². The lowest BCUT2D eigenvalue weighted by atomic mass is 10.0. The summed E-state index contributed by atoms with van der Waals surface area (Å²) in [5.41, 5.74) is -0.871. The van der Waals surface area contributed by atoms with Gasteiger partial charge in [0.05, 0.1) is 13.7 Å². The predicted molar refractivity (Wildman–Crippen MR) is 67.2 cm³/mol. The molecule has 1 unspecified atom stereocenters. The lowest BCUT2D eigenvalue weighted by molar-refractivity contribution is -0.148. The zero-order valence-corrected chi connectivity index (χ0v) is 11.8. The maximum absolute atomic E-state index is 12.5. The number of carbonyl (C=O) groups excluding carboxylic acids is 1. The number of thiazole rings is 1. The molecule has 0 saturated carbocycles. The average molecular weight is 308 g/mol. The quantitative estimate of drug-likeness (QED) is 0.805. The van der Waals surface area contributed by atoms with Crippen molar-refractivity contribution in [1.29, 1.82) is 0 Å². The van der Waals surface area contributed by atoms with Crippen LogP contribution in [0, 0.1) is 0 Å². The first-order chi connectivity index (χ1) is 9.41. The number of hydrogen-bond acceptors (Lipinski definition) is 5. The molecule has 0 N–H and O–H groups in total. The highest BCUT2D eigenvalue weighted by Crippen LogP contribution is 2.31. The van der Waals surface area contributed by atoms with Crippen LogP contribution in [-0.2, 0) is 22.3 Å². The Morgan fingerprint density at radius 1 is 1.55 bits per heavy atom. The first-order valence-electron chi connectivity index (χ1n) is 6.25. The number of carbonyl (C=O) groups is 1. The van der Waals surface area contributed by atoms with E-state index in [9.17, 15) is 18.0 Å². The number of nitrogens with zero attached hydrogens (tertiary/aromatic N) is 2. The zero-order valence-electron chi connectivity index (χ0n) is 10.9. The van der Waals surface area contributed by atoms with E-state index in [-0.39, 0.29) is 18.6 Å². The van der Waals surface area contributed by atoms with Gasteiger partial charge < -0.3 is 4.74 Å². The van der Waals surface area contributed by atoms with E-state index in [4.69, 9.17) is 4.74 Å². The summed E-state index contributed by atoms with van der Waals surface area (Å²) in [6.45, 7) is 0.918. The maximum atomic E-state index is 12.5. The van der Waals surface area contributed by atoms with Gasteiger partial charge in [-0.25, -0.2) is 4.98 Å². The molecule has 2 rings (SSSR count). The van der Waals surface area contributed by atoms with E-state index in [1.807, 2.05) is 4.90 Å². The Kier molecular flexibility index (Phi) is 4.64. The van der Waals surface area contributed by atoms with E-state index >= 15 is 0 Å². The van der Waals surface area contributed by atoms with Crippen molar-refractivity contribution in [2.45, 2.75) is 38.0 Å². The summed E-state index contributed by atoms with van der Waals surface area (Å²) < 4.78 is 42.2. The van der Waals surface area contributed by atoms with Crippen LogP contribution in [0.25, 0.3) is 0 Å². The molecule has 1 atom stereocenters. The Hall–Kier alpha value is -1.15.